The Morgan fingerprint density at radius 3 is 3.00 bits per heavy atom. The lowest BCUT2D eigenvalue weighted by atomic mass is 10.1. The van der Waals surface area contributed by atoms with Gasteiger partial charge in [0.1, 0.15) is 0 Å². The van der Waals surface area contributed by atoms with E-state index in [1.54, 1.807) is 24.0 Å². The van der Waals surface area contributed by atoms with Crippen LogP contribution in [0.4, 0.5) is 0 Å². The van der Waals surface area contributed by atoms with Gasteiger partial charge in [0.25, 0.3) is 0 Å². The molecule has 0 spiro atoms. The minimum Gasteiger partial charge on any atom is -0.321 e. The molecule has 2 N–H and O–H groups in total. The van der Waals surface area contributed by atoms with Crippen molar-refractivity contribution < 1.29 is 4.79 Å². The number of nitrogens with zero attached hydrogens (tertiary/aromatic N) is 2. The van der Waals surface area contributed by atoms with Gasteiger partial charge in [-0.2, -0.15) is 5.10 Å². The maximum Gasteiger partial charge on any atom is 0.182 e. The molecule has 1 rings (SSSR count). The lowest BCUT2D eigenvalue weighted by Gasteiger charge is -1.99. The van der Waals surface area contributed by atoms with Gasteiger partial charge in [0.05, 0.1) is 17.8 Å². The molecule has 0 aliphatic carbocycles. The van der Waals surface area contributed by atoms with Crippen LogP contribution in [0, 0.1) is 0 Å². The summed E-state index contributed by atoms with van der Waals surface area (Å²) in [7, 11) is 0. The maximum atomic E-state index is 11.4. The highest BCUT2D eigenvalue weighted by molar-refractivity contribution is 5.99. The molecule has 72 valence electrons. The van der Waals surface area contributed by atoms with Crippen LogP contribution >= 0.6 is 0 Å². The van der Waals surface area contributed by atoms with Crippen LogP contribution in [0.2, 0.25) is 0 Å². The monoisotopic (exact) mass is 181 g/mol. The molecule has 0 aliphatic heterocycles. The van der Waals surface area contributed by atoms with Gasteiger partial charge >= 0.3 is 0 Å². The first-order valence-corrected chi connectivity index (χ1v) is 4.47. The maximum absolute atomic E-state index is 11.4. The Balaban J connectivity index is 2.73. The lowest BCUT2D eigenvalue weighted by molar-refractivity contribution is 0.0968. The third-order valence-electron chi connectivity index (χ3n) is 1.78. The van der Waals surface area contributed by atoms with Gasteiger partial charge in [-0.05, 0) is 13.3 Å². The molecule has 13 heavy (non-hydrogen) atoms. The number of hydrogen-bond donors (Lipinski definition) is 1. The summed E-state index contributed by atoms with van der Waals surface area (Å²) in [6, 6.07) is -0.445. The number of aryl methyl sites for hydroxylation is 1. The molecule has 1 atom stereocenters. The zero-order valence-electron chi connectivity index (χ0n) is 8.03. The summed E-state index contributed by atoms with van der Waals surface area (Å²) in [6.07, 6.45) is 4.32. The van der Waals surface area contributed by atoms with Crippen LogP contribution in [0.25, 0.3) is 0 Å². The second-order valence-corrected chi connectivity index (χ2v) is 3.15. The van der Waals surface area contributed by atoms with E-state index in [-0.39, 0.29) is 5.78 Å². The second-order valence-electron chi connectivity index (χ2n) is 3.15. The van der Waals surface area contributed by atoms with Gasteiger partial charge in [0.2, 0.25) is 0 Å². The predicted octanol–water partition coefficient (Wildman–Crippen LogP) is 0.823. The fourth-order valence-corrected chi connectivity index (χ4v) is 1.11. The fourth-order valence-electron chi connectivity index (χ4n) is 1.11. The van der Waals surface area contributed by atoms with E-state index in [0.29, 0.717) is 5.56 Å². The highest BCUT2D eigenvalue weighted by Gasteiger charge is 2.12. The van der Waals surface area contributed by atoms with Crippen molar-refractivity contribution in [2.75, 3.05) is 0 Å². The molecule has 0 saturated carbocycles. The largest absolute Gasteiger partial charge is 0.321 e. The number of Topliss-reactive ketones (excluding diaryl/α,β-unsaturated/α-hetero) is 1. The number of hydrogen-bond acceptors (Lipinski definition) is 3. The van der Waals surface area contributed by atoms with Gasteiger partial charge < -0.3 is 5.73 Å². The van der Waals surface area contributed by atoms with Gasteiger partial charge in [-0.1, -0.05) is 6.92 Å². The van der Waals surface area contributed by atoms with Gasteiger partial charge in [-0.3, -0.25) is 9.48 Å². The van der Waals surface area contributed by atoms with E-state index in [9.17, 15) is 4.79 Å². The molecule has 0 amide bonds. The Kier molecular flexibility index (Phi) is 3.19. The molecular weight excluding hydrogens is 166 g/mol. The van der Waals surface area contributed by atoms with Gasteiger partial charge in [-0.25, -0.2) is 0 Å². The lowest BCUT2D eigenvalue weighted by Crippen LogP contribution is -2.26. The van der Waals surface area contributed by atoms with Crippen molar-refractivity contribution in [1.82, 2.24) is 9.78 Å². The third kappa shape index (κ3) is 2.39. The van der Waals surface area contributed by atoms with Crippen molar-refractivity contribution in [3.8, 4) is 0 Å². The molecule has 1 unspecified atom stereocenters. The standard InChI is InChI=1S/C9H15N3O/c1-3-4-12-6-8(5-11-12)9(13)7(2)10/h5-7H,3-4,10H2,1-2H3. The van der Waals surface area contributed by atoms with Crippen molar-refractivity contribution in [2.24, 2.45) is 5.73 Å². The Labute approximate surface area is 77.7 Å². The number of nitrogens with two attached hydrogens (primary N) is 1. The first-order chi connectivity index (χ1) is 6.15. The number of carbonyl (C=O) groups excluding carboxylic acids is 1. The van der Waals surface area contributed by atoms with Crippen molar-refractivity contribution in [1.29, 1.82) is 0 Å². The molecule has 4 heteroatoms. The minimum atomic E-state index is -0.445. The van der Waals surface area contributed by atoms with Crippen molar-refractivity contribution in [2.45, 2.75) is 32.9 Å². The molecule has 0 radical (unpaired) electrons. The number of rotatable bonds is 4. The summed E-state index contributed by atoms with van der Waals surface area (Å²) < 4.78 is 1.76. The van der Waals surface area contributed by atoms with Crippen molar-refractivity contribution >= 4 is 5.78 Å². The molecular formula is C9H15N3O. The summed E-state index contributed by atoms with van der Waals surface area (Å²) >= 11 is 0. The zero-order chi connectivity index (χ0) is 9.84. The van der Waals surface area contributed by atoms with Crippen LogP contribution in [-0.2, 0) is 6.54 Å². The molecule has 0 fully saturated rings. The summed E-state index contributed by atoms with van der Waals surface area (Å²) in [4.78, 5) is 11.4. The summed E-state index contributed by atoms with van der Waals surface area (Å²) in [5.74, 6) is -0.0534. The Morgan fingerprint density at radius 2 is 2.46 bits per heavy atom. The van der Waals surface area contributed by atoms with Crippen molar-refractivity contribution in [3.05, 3.63) is 18.0 Å². The van der Waals surface area contributed by atoms with Crippen LogP contribution in [0.5, 0.6) is 0 Å². The summed E-state index contributed by atoms with van der Waals surface area (Å²) in [6.45, 7) is 4.58. The van der Waals surface area contributed by atoms with Crippen LogP contribution in [-0.4, -0.2) is 21.6 Å². The Morgan fingerprint density at radius 1 is 1.77 bits per heavy atom. The van der Waals surface area contributed by atoms with Crippen LogP contribution in [0.15, 0.2) is 12.4 Å². The highest BCUT2D eigenvalue weighted by atomic mass is 16.1. The molecule has 0 bridgehead atoms. The van der Waals surface area contributed by atoms with Gasteiger partial charge in [0.15, 0.2) is 5.78 Å². The molecule has 1 heterocycles. The van der Waals surface area contributed by atoms with Crippen molar-refractivity contribution in [3.63, 3.8) is 0 Å². The average Bonchev–Trinajstić information content (AvgIpc) is 2.52. The summed E-state index contributed by atoms with van der Waals surface area (Å²) in [5.41, 5.74) is 6.07. The van der Waals surface area contributed by atoms with E-state index in [1.807, 2.05) is 0 Å². The van der Waals surface area contributed by atoms with E-state index >= 15 is 0 Å². The second kappa shape index (κ2) is 4.18. The van der Waals surface area contributed by atoms with Gasteiger partial charge in [-0.15, -0.1) is 0 Å². The van der Waals surface area contributed by atoms with E-state index in [0.717, 1.165) is 13.0 Å². The quantitative estimate of drug-likeness (QED) is 0.699. The normalized spacial score (nSPS) is 12.8. The topological polar surface area (TPSA) is 60.9 Å². The molecule has 1 aromatic heterocycles. The smallest absolute Gasteiger partial charge is 0.182 e. The Bertz CT molecular complexity index is 291. The van der Waals surface area contributed by atoms with E-state index in [2.05, 4.69) is 12.0 Å². The molecule has 0 aliphatic rings. The SMILES string of the molecule is CCCn1cc(C(=O)C(C)N)cn1. The Hall–Kier alpha value is -1.16. The minimum absolute atomic E-state index is 0.0534. The number of aromatic nitrogens is 2. The van der Waals surface area contributed by atoms with E-state index in [4.69, 9.17) is 5.73 Å². The number of carbonyl (C=O) groups is 1. The first-order valence-electron chi connectivity index (χ1n) is 4.47. The van der Waals surface area contributed by atoms with Crippen LogP contribution in [0.3, 0.4) is 0 Å². The zero-order valence-corrected chi connectivity index (χ0v) is 8.03. The molecule has 1 aromatic rings. The molecule has 0 aromatic carbocycles. The van der Waals surface area contributed by atoms with Gasteiger partial charge in [0, 0.05) is 12.7 Å². The third-order valence-corrected chi connectivity index (χ3v) is 1.78. The fraction of sp³-hybridized carbons (Fsp3) is 0.556. The average molecular weight is 181 g/mol. The van der Waals surface area contributed by atoms with Crippen LogP contribution < -0.4 is 5.73 Å². The van der Waals surface area contributed by atoms with E-state index < -0.39 is 6.04 Å². The summed E-state index contributed by atoms with van der Waals surface area (Å²) in [5, 5.41) is 4.05. The predicted molar refractivity (Wildman–Crippen MR) is 50.5 cm³/mol. The molecule has 0 saturated heterocycles. The number of ketones is 1. The van der Waals surface area contributed by atoms with E-state index in [1.165, 1.54) is 0 Å². The van der Waals surface area contributed by atoms with Crippen LogP contribution in [0.1, 0.15) is 30.6 Å². The highest BCUT2D eigenvalue weighted by Crippen LogP contribution is 2.01. The molecule has 4 nitrogen and oxygen atoms in total. The first kappa shape index (κ1) is 9.92.